The smallest absolute Gasteiger partial charge is 0.338 e. The summed E-state index contributed by atoms with van der Waals surface area (Å²) < 4.78 is 62.8. The lowest BCUT2D eigenvalue weighted by Crippen LogP contribution is -2.67. The third-order valence-corrected chi connectivity index (χ3v) is 12.1. The Bertz CT molecular complexity index is 2410. The number of hydrogen-bond acceptors (Lipinski definition) is 16. The van der Waals surface area contributed by atoms with Crippen molar-refractivity contribution in [3.05, 3.63) is 179 Å². The summed E-state index contributed by atoms with van der Waals surface area (Å²) in [6.45, 7) is 0.810. The Hall–Kier alpha value is -6.24. The van der Waals surface area contributed by atoms with E-state index >= 15 is 0 Å². The first-order chi connectivity index (χ1) is 32.2. The minimum absolute atomic E-state index is 0.0484. The Labute approximate surface area is 384 Å². The van der Waals surface area contributed by atoms with E-state index in [-0.39, 0.29) is 34.0 Å². The minimum atomic E-state index is -1.59. The molecule has 15 nitrogen and oxygen atoms in total. The van der Waals surface area contributed by atoms with Crippen molar-refractivity contribution in [3.8, 4) is 0 Å². The van der Waals surface area contributed by atoms with Crippen molar-refractivity contribution in [3.63, 3.8) is 0 Å². The van der Waals surface area contributed by atoms with E-state index in [1.807, 2.05) is 30.3 Å². The van der Waals surface area contributed by atoms with Crippen molar-refractivity contribution in [1.29, 1.82) is 0 Å². The number of methoxy groups -OCH3 is 1. The molecule has 3 fully saturated rings. The summed E-state index contributed by atoms with van der Waals surface area (Å²) in [7, 11) is 1.30. The first-order valence-corrected chi connectivity index (χ1v) is 22.0. The molecule has 0 amide bonds. The normalized spacial score (nSPS) is 27.0. The van der Waals surface area contributed by atoms with E-state index in [2.05, 4.69) is 0 Å². The maximum Gasteiger partial charge on any atom is 0.338 e. The zero-order chi connectivity index (χ0) is 46.0. The average Bonchev–Trinajstić information content (AvgIpc) is 3.36. The van der Waals surface area contributed by atoms with E-state index in [0.29, 0.717) is 5.56 Å². The molecule has 0 bridgehead atoms. The lowest BCUT2D eigenvalue weighted by Gasteiger charge is -2.50. The second-order valence-electron chi connectivity index (χ2n) is 15.3. The molecule has 11 atom stereocenters. The summed E-state index contributed by atoms with van der Waals surface area (Å²) in [5.74, 6) is -3.13. The van der Waals surface area contributed by atoms with Crippen LogP contribution in [0.25, 0.3) is 0 Å². The summed E-state index contributed by atoms with van der Waals surface area (Å²) in [4.78, 5) is 68.6. The quantitative estimate of drug-likeness (QED) is 0.0842. The summed E-state index contributed by atoms with van der Waals surface area (Å²) in [6.07, 6.45) is -13.1. The highest BCUT2D eigenvalue weighted by atomic mass is 32.2. The molecule has 5 aromatic carbocycles. The number of rotatable bonds is 14. The molecule has 0 radical (unpaired) electrons. The van der Waals surface area contributed by atoms with Gasteiger partial charge in [-0.3, -0.25) is 4.79 Å². The highest BCUT2D eigenvalue weighted by Crippen LogP contribution is 2.42. The van der Waals surface area contributed by atoms with Crippen LogP contribution < -0.4 is 0 Å². The molecule has 0 spiro atoms. The Kier molecular flexibility index (Phi) is 15.3. The predicted molar refractivity (Wildman–Crippen MR) is 235 cm³/mol. The van der Waals surface area contributed by atoms with Crippen molar-refractivity contribution in [2.24, 2.45) is 0 Å². The van der Waals surface area contributed by atoms with Crippen LogP contribution in [0.1, 0.15) is 60.2 Å². The number of fused-ring (bicyclic) bond motifs is 1. The molecule has 0 aromatic heterocycles. The third kappa shape index (κ3) is 11.1. The lowest BCUT2D eigenvalue weighted by atomic mass is 9.96. The van der Waals surface area contributed by atoms with Crippen molar-refractivity contribution in [1.82, 2.24) is 0 Å². The van der Waals surface area contributed by atoms with Crippen molar-refractivity contribution < 1.29 is 71.3 Å². The summed E-state index contributed by atoms with van der Waals surface area (Å²) >= 11 is 0.869. The van der Waals surface area contributed by atoms with Gasteiger partial charge in [-0.2, -0.15) is 0 Å². The zero-order valence-corrected chi connectivity index (χ0v) is 36.5. The fourth-order valence-electron chi connectivity index (χ4n) is 7.78. The van der Waals surface area contributed by atoms with Gasteiger partial charge in [0.05, 0.1) is 34.1 Å². The van der Waals surface area contributed by atoms with E-state index < -0.39 is 97.3 Å². The average molecular weight is 919 g/mol. The molecule has 342 valence electrons. The van der Waals surface area contributed by atoms with Gasteiger partial charge in [0.1, 0.15) is 31.0 Å². The van der Waals surface area contributed by atoms with E-state index in [1.165, 1.54) is 26.2 Å². The molecule has 8 rings (SSSR count). The number of carbonyl (C=O) groups is 5. The van der Waals surface area contributed by atoms with E-state index in [9.17, 15) is 24.0 Å². The second-order valence-corrected chi connectivity index (χ2v) is 16.7. The molecule has 3 aliphatic rings. The lowest BCUT2D eigenvalue weighted by molar-refractivity contribution is -0.365. The Morgan fingerprint density at radius 2 is 1.02 bits per heavy atom. The van der Waals surface area contributed by atoms with Crippen LogP contribution in [-0.4, -0.2) is 110 Å². The van der Waals surface area contributed by atoms with Crippen LogP contribution in [0.3, 0.4) is 0 Å². The van der Waals surface area contributed by atoms with E-state index in [1.54, 1.807) is 109 Å². The topological polar surface area (TPSA) is 178 Å². The summed E-state index contributed by atoms with van der Waals surface area (Å²) in [5.41, 5.74) is 1.45. The summed E-state index contributed by atoms with van der Waals surface area (Å²) in [6, 6.07) is 41.8. The van der Waals surface area contributed by atoms with E-state index in [0.717, 1.165) is 11.8 Å². The van der Waals surface area contributed by atoms with Gasteiger partial charge in [0, 0.05) is 19.6 Å². The first-order valence-electron chi connectivity index (χ1n) is 21.2. The van der Waals surface area contributed by atoms with Gasteiger partial charge in [-0.05, 0) is 48.5 Å². The number of ether oxygens (including phenoxy) is 10. The van der Waals surface area contributed by atoms with Gasteiger partial charge >= 0.3 is 23.9 Å². The third-order valence-electron chi connectivity index (χ3n) is 10.9. The molecular formula is C50H46O15S. The van der Waals surface area contributed by atoms with E-state index in [4.69, 9.17) is 47.4 Å². The van der Waals surface area contributed by atoms with Crippen LogP contribution in [0.5, 0.6) is 0 Å². The fraction of sp³-hybridized carbons (Fsp3) is 0.300. The molecule has 0 saturated carbocycles. The van der Waals surface area contributed by atoms with Gasteiger partial charge in [-0.1, -0.05) is 115 Å². The van der Waals surface area contributed by atoms with Crippen LogP contribution >= 0.6 is 11.8 Å². The predicted octanol–water partition coefficient (Wildman–Crippen LogP) is 6.76. The summed E-state index contributed by atoms with van der Waals surface area (Å²) in [5, 5.41) is -1.31. The number of benzene rings is 5. The van der Waals surface area contributed by atoms with Crippen LogP contribution in [-0.2, 0) is 52.2 Å². The second kappa shape index (κ2) is 21.8. The Morgan fingerprint density at radius 3 is 1.52 bits per heavy atom. The molecule has 0 aliphatic carbocycles. The van der Waals surface area contributed by atoms with Gasteiger partial charge in [0.25, 0.3) is 0 Å². The standard InChI is InChI=1S/C50H46O15S/c1-30(51)66-43-39-37(29-58-48(65-39)35-26-16-7-17-27-35)60-50(42(43)63-47(55)34-24-14-6-15-25-34)64-38-36(28-57-44(52)31-18-8-3-9-19-31)59-49(56-2)41(62-46(54)33-22-12-5-13-23-33)40(38)61-45(53)32-20-10-4-11-21-32/h3-27,36-43,48-50H,28-29H2,1-2H3/t36-,37-,38-,39+,40+,41-,42-,43+,48?,49-,50+/m1/s1. The van der Waals surface area contributed by atoms with Gasteiger partial charge in [-0.15, -0.1) is 0 Å². The van der Waals surface area contributed by atoms with Crippen LogP contribution in [0.15, 0.2) is 152 Å². The van der Waals surface area contributed by atoms with Gasteiger partial charge < -0.3 is 47.4 Å². The van der Waals surface area contributed by atoms with Gasteiger partial charge in [0.15, 0.2) is 42.3 Å². The first kappa shape index (κ1) is 46.3. The number of carbonyl (C=O) groups excluding carboxylic acids is 5. The Balaban J connectivity index is 1.20. The van der Waals surface area contributed by atoms with Crippen LogP contribution in [0.2, 0.25) is 0 Å². The molecular weight excluding hydrogens is 873 g/mol. The zero-order valence-electron chi connectivity index (χ0n) is 35.7. The molecule has 16 heteroatoms. The van der Waals surface area contributed by atoms with Gasteiger partial charge in [-0.25, -0.2) is 19.2 Å². The molecule has 1 unspecified atom stereocenters. The van der Waals surface area contributed by atoms with Crippen LogP contribution in [0.4, 0.5) is 0 Å². The van der Waals surface area contributed by atoms with Crippen molar-refractivity contribution in [2.45, 2.75) is 73.8 Å². The Morgan fingerprint density at radius 1 is 0.545 bits per heavy atom. The molecule has 3 aliphatic heterocycles. The number of hydrogen-bond donors (Lipinski definition) is 0. The fourth-order valence-corrected chi connectivity index (χ4v) is 8.86. The van der Waals surface area contributed by atoms with Crippen molar-refractivity contribution >= 4 is 40.8 Å². The number of thioether (sulfide) groups is 1. The van der Waals surface area contributed by atoms with Crippen LogP contribution in [0, 0.1) is 0 Å². The molecule has 5 aromatic rings. The number of esters is 4. The molecule has 66 heavy (non-hydrogen) atoms. The molecule has 0 N–H and O–H groups in total. The maximum absolute atomic E-state index is 14.1. The largest absolute Gasteiger partial charge is 0.459 e. The molecule has 3 saturated heterocycles. The SMILES string of the molecule is CO[C@@H]1O[C@H](COC(=O)c2ccccc2)[C@@H](O[C@@H]2O[C@@H]3COC(c4ccccc4)O[C@@H]3[C@H](SC(C)=O)[C@H]2OC(=O)c2ccccc2)[C@H](OC(=O)c2ccccc2)[C@H]1OC(=O)c1ccccc1. The maximum atomic E-state index is 14.1. The highest BCUT2D eigenvalue weighted by molar-refractivity contribution is 8.14. The highest BCUT2D eigenvalue weighted by Gasteiger charge is 2.58. The van der Waals surface area contributed by atoms with Crippen molar-refractivity contribution in [2.75, 3.05) is 20.3 Å². The molecule has 3 heterocycles. The minimum Gasteiger partial charge on any atom is -0.459 e. The van der Waals surface area contributed by atoms with Gasteiger partial charge in [0.2, 0.25) is 0 Å². The monoisotopic (exact) mass is 918 g/mol.